The van der Waals surface area contributed by atoms with Crippen molar-refractivity contribution in [3.8, 4) is 0 Å². The molecule has 0 aliphatic carbocycles. The lowest BCUT2D eigenvalue weighted by molar-refractivity contribution is 0.0685. The third-order valence-corrected chi connectivity index (χ3v) is 2.91. The molecule has 0 atom stereocenters. The second-order valence-electron chi connectivity index (χ2n) is 4.15. The van der Waals surface area contributed by atoms with Gasteiger partial charge in [0, 0.05) is 6.54 Å². The predicted octanol–water partition coefficient (Wildman–Crippen LogP) is 2.39. The Balaban J connectivity index is 2.42. The normalized spacial score (nSPS) is 10.6. The van der Waals surface area contributed by atoms with E-state index in [0.717, 1.165) is 11.1 Å². The number of aryl methyl sites for hydroxylation is 2. The molecule has 0 fully saturated rings. The second-order valence-corrected chi connectivity index (χ2v) is 4.15. The van der Waals surface area contributed by atoms with Gasteiger partial charge in [0.05, 0.1) is 6.20 Å². The molecule has 2 rings (SSSR count). The Morgan fingerprint density at radius 2 is 2.17 bits per heavy atom. The number of carbonyl (C=O) groups is 1. The van der Waals surface area contributed by atoms with Crippen LogP contribution >= 0.6 is 0 Å². The molecular weight excluding hydrogens is 235 g/mol. The molecule has 0 bridgehead atoms. The number of aromatic carboxylic acids is 1. The molecule has 0 aliphatic heterocycles. The molecule has 1 aromatic heterocycles. The van der Waals surface area contributed by atoms with Crippen LogP contribution in [-0.2, 0) is 6.54 Å². The third kappa shape index (κ3) is 2.25. The molecule has 2 aromatic rings. The molecule has 1 heterocycles. The summed E-state index contributed by atoms with van der Waals surface area (Å²) in [5, 5.41) is 9.05. The van der Waals surface area contributed by atoms with Crippen molar-refractivity contribution in [3.63, 3.8) is 0 Å². The predicted molar refractivity (Wildman–Crippen MR) is 64.2 cm³/mol. The van der Waals surface area contributed by atoms with Crippen molar-refractivity contribution in [2.75, 3.05) is 0 Å². The van der Waals surface area contributed by atoms with Crippen molar-refractivity contribution in [1.82, 2.24) is 9.55 Å². The smallest absolute Gasteiger partial charge is 0.354 e. The summed E-state index contributed by atoms with van der Waals surface area (Å²) in [5.74, 6) is -0.772. The fourth-order valence-corrected chi connectivity index (χ4v) is 1.82. The van der Waals surface area contributed by atoms with E-state index >= 15 is 0 Å². The molecule has 0 spiro atoms. The molecular formula is C13H13FN2O2. The van der Waals surface area contributed by atoms with E-state index < -0.39 is 5.97 Å². The minimum atomic E-state index is -1.04. The first kappa shape index (κ1) is 12.3. The molecule has 5 heteroatoms. The van der Waals surface area contributed by atoms with Gasteiger partial charge in [0.2, 0.25) is 0 Å². The highest BCUT2D eigenvalue weighted by Crippen LogP contribution is 2.15. The highest BCUT2D eigenvalue weighted by atomic mass is 19.1. The van der Waals surface area contributed by atoms with Gasteiger partial charge in [-0.3, -0.25) is 0 Å². The number of benzene rings is 1. The van der Waals surface area contributed by atoms with Gasteiger partial charge in [0.25, 0.3) is 0 Å². The Labute approximate surface area is 104 Å². The summed E-state index contributed by atoms with van der Waals surface area (Å²) in [7, 11) is 0. The molecule has 0 unspecified atom stereocenters. The van der Waals surface area contributed by atoms with Crippen LogP contribution in [0.4, 0.5) is 4.39 Å². The van der Waals surface area contributed by atoms with E-state index in [0.29, 0.717) is 12.4 Å². The van der Waals surface area contributed by atoms with Crippen LogP contribution in [0.1, 0.15) is 27.4 Å². The van der Waals surface area contributed by atoms with Gasteiger partial charge >= 0.3 is 5.97 Å². The average Bonchev–Trinajstić information content (AvgIpc) is 2.66. The highest BCUT2D eigenvalue weighted by Gasteiger charge is 2.14. The Bertz CT molecular complexity index is 605. The van der Waals surface area contributed by atoms with Crippen molar-refractivity contribution in [2.24, 2.45) is 0 Å². The molecule has 1 N–H and O–H groups in total. The fourth-order valence-electron chi connectivity index (χ4n) is 1.82. The molecule has 4 nitrogen and oxygen atoms in total. The summed E-state index contributed by atoms with van der Waals surface area (Å²) in [6.07, 6.45) is 1.31. The van der Waals surface area contributed by atoms with E-state index in [1.165, 1.54) is 18.3 Å². The maximum absolute atomic E-state index is 13.2. The van der Waals surface area contributed by atoms with Gasteiger partial charge in [0.15, 0.2) is 0 Å². The number of aromatic nitrogens is 2. The quantitative estimate of drug-likeness (QED) is 0.907. The van der Waals surface area contributed by atoms with Crippen LogP contribution in [-0.4, -0.2) is 20.6 Å². The zero-order valence-corrected chi connectivity index (χ0v) is 10.1. The number of carboxylic acid groups (broad SMARTS) is 1. The monoisotopic (exact) mass is 248 g/mol. The van der Waals surface area contributed by atoms with Gasteiger partial charge in [-0.1, -0.05) is 6.07 Å². The maximum atomic E-state index is 13.2. The van der Waals surface area contributed by atoms with E-state index in [1.54, 1.807) is 17.6 Å². The fraction of sp³-hybridized carbons (Fsp3) is 0.231. The minimum Gasteiger partial charge on any atom is -0.477 e. The van der Waals surface area contributed by atoms with Crippen LogP contribution < -0.4 is 0 Å². The van der Waals surface area contributed by atoms with E-state index in [4.69, 9.17) is 5.11 Å². The molecule has 0 saturated heterocycles. The first-order valence-corrected chi connectivity index (χ1v) is 5.49. The summed E-state index contributed by atoms with van der Waals surface area (Å²) in [5.41, 5.74) is 1.77. The minimum absolute atomic E-state index is 0.108. The molecule has 0 aliphatic rings. The first-order valence-electron chi connectivity index (χ1n) is 5.49. The Hall–Kier alpha value is -2.17. The number of halogens is 1. The molecule has 0 saturated carbocycles. The summed E-state index contributed by atoms with van der Waals surface area (Å²) in [6.45, 7) is 3.89. The number of hydrogen-bond donors (Lipinski definition) is 1. The van der Waals surface area contributed by atoms with Gasteiger partial charge in [-0.05, 0) is 37.1 Å². The summed E-state index contributed by atoms with van der Waals surface area (Å²) >= 11 is 0. The van der Waals surface area contributed by atoms with Crippen molar-refractivity contribution >= 4 is 5.97 Å². The standard InChI is InChI=1S/C13H13FN2O2/c1-8-3-4-11(14)5-10(8)7-16-9(2)15-6-12(16)13(17)18/h3-6H,7H2,1-2H3,(H,17,18). The third-order valence-electron chi connectivity index (χ3n) is 2.91. The number of rotatable bonds is 3. The average molecular weight is 248 g/mol. The van der Waals surface area contributed by atoms with Crippen LogP contribution in [0.5, 0.6) is 0 Å². The Morgan fingerprint density at radius 1 is 1.44 bits per heavy atom. The lowest BCUT2D eigenvalue weighted by atomic mass is 10.1. The topological polar surface area (TPSA) is 55.1 Å². The number of carboxylic acids is 1. The van der Waals surface area contributed by atoms with Crippen LogP contribution in [0.3, 0.4) is 0 Å². The molecule has 0 radical (unpaired) electrons. The van der Waals surface area contributed by atoms with E-state index in [-0.39, 0.29) is 11.5 Å². The second kappa shape index (κ2) is 4.60. The van der Waals surface area contributed by atoms with E-state index in [2.05, 4.69) is 4.98 Å². The van der Waals surface area contributed by atoms with Gasteiger partial charge in [-0.15, -0.1) is 0 Å². The van der Waals surface area contributed by atoms with Crippen molar-refractivity contribution < 1.29 is 14.3 Å². The van der Waals surface area contributed by atoms with Crippen LogP contribution in [0.15, 0.2) is 24.4 Å². The van der Waals surface area contributed by atoms with Crippen molar-refractivity contribution in [1.29, 1.82) is 0 Å². The lowest BCUT2D eigenvalue weighted by Gasteiger charge is -2.10. The zero-order valence-electron chi connectivity index (χ0n) is 10.1. The lowest BCUT2D eigenvalue weighted by Crippen LogP contribution is -2.11. The van der Waals surface area contributed by atoms with Crippen LogP contribution in [0.2, 0.25) is 0 Å². The molecule has 0 amide bonds. The summed E-state index contributed by atoms with van der Waals surface area (Å²) in [6, 6.07) is 4.48. The maximum Gasteiger partial charge on any atom is 0.354 e. The van der Waals surface area contributed by atoms with Gasteiger partial charge in [-0.25, -0.2) is 14.2 Å². The Kier molecular flexibility index (Phi) is 3.14. The summed E-state index contributed by atoms with van der Waals surface area (Å²) < 4.78 is 14.8. The SMILES string of the molecule is Cc1ccc(F)cc1Cn1c(C(=O)O)cnc1C. The Morgan fingerprint density at radius 3 is 2.83 bits per heavy atom. The van der Waals surface area contributed by atoms with Gasteiger partial charge in [0.1, 0.15) is 17.3 Å². The first-order chi connectivity index (χ1) is 8.49. The number of imidazole rings is 1. The van der Waals surface area contributed by atoms with E-state index in [1.807, 2.05) is 6.92 Å². The number of hydrogen-bond acceptors (Lipinski definition) is 2. The van der Waals surface area contributed by atoms with Crippen molar-refractivity contribution in [3.05, 3.63) is 52.9 Å². The van der Waals surface area contributed by atoms with E-state index in [9.17, 15) is 9.18 Å². The molecule has 1 aromatic carbocycles. The highest BCUT2D eigenvalue weighted by molar-refractivity contribution is 5.85. The van der Waals surface area contributed by atoms with Gasteiger partial charge < -0.3 is 9.67 Å². The molecule has 94 valence electrons. The summed E-state index contributed by atoms with van der Waals surface area (Å²) in [4.78, 5) is 15.0. The number of nitrogens with zero attached hydrogens (tertiary/aromatic N) is 2. The van der Waals surface area contributed by atoms with Crippen molar-refractivity contribution in [2.45, 2.75) is 20.4 Å². The molecule has 18 heavy (non-hydrogen) atoms. The van der Waals surface area contributed by atoms with Crippen LogP contribution in [0, 0.1) is 19.7 Å². The van der Waals surface area contributed by atoms with Crippen LogP contribution in [0.25, 0.3) is 0 Å². The zero-order chi connectivity index (χ0) is 13.3. The van der Waals surface area contributed by atoms with Gasteiger partial charge in [-0.2, -0.15) is 0 Å². The largest absolute Gasteiger partial charge is 0.477 e.